The van der Waals surface area contributed by atoms with Crippen molar-refractivity contribution < 1.29 is 8.42 Å². The van der Waals surface area contributed by atoms with Crippen LogP contribution in [0.1, 0.15) is 25.7 Å². The molecule has 100 valence electrons. The van der Waals surface area contributed by atoms with Gasteiger partial charge in [-0.2, -0.15) is 0 Å². The highest BCUT2D eigenvalue weighted by Crippen LogP contribution is 2.21. The lowest BCUT2D eigenvalue weighted by molar-refractivity contribution is 0.404. The maximum Gasteiger partial charge on any atom is 0.238 e. The zero-order valence-electron chi connectivity index (χ0n) is 10.2. The number of nitrogens with one attached hydrogen (secondary N) is 1. The Morgan fingerprint density at radius 1 is 1.11 bits per heavy atom. The first-order chi connectivity index (χ1) is 8.47. The van der Waals surface area contributed by atoms with Crippen molar-refractivity contribution in [1.82, 2.24) is 0 Å². The molecule has 0 heterocycles. The normalized spacial score (nSPS) is 24.8. The number of anilines is 1. The molecule has 1 aliphatic carbocycles. The quantitative estimate of drug-likeness (QED) is 0.763. The second-order valence-corrected chi connectivity index (χ2v) is 6.33. The molecule has 0 radical (unpaired) electrons. The van der Waals surface area contributed by atoms with Gasteiger partial charge in [0.2, 0.25) is 10.0 Å². The molecule has 5 nitrogen and oxygen atoms in total. The third kappa shape index (κ3) is 3.22. The van der Waals surface area contributed by atoms with E-state index < -0.39 is 10.0 Å². The molecule has 0 aliphatic heterocycles. The Morgan fingerprint density at radius 3 is 2.28 bits per heavy atom. The van der Waals surface area contributed by atoms with Crippen molar-refractivity contribution in [3.8, 4) is 0 Å². The molecule has 0 unspecified atom stereocenters. The Hall–Kier alpha value is -1.11. The molecule has 1 aromatic rings. The molecule has 6 heteroatoms. The molecular formula is C12H19N3O2S. The van der Waals surface area contributed by atoms with Gasteiger partial charge in [0.1, 0.15) is 0 Å². The number of nitrogens with two attached hydrogens (primary N) is 2. The van der Waals surface area contributed by atoms with Crippen LogP contribution in [0.4, 0.5) is 5.69 Å². The lowest BCUT2D eigenvalue weighted by Crippen LogP contribution is -2.42. The zero-order valence-corrected chi connectivity index (χ0v) is 11.0. The van der Waals surface area contributed by atoms with E-state index in [1.807, 2.05) is 0 Å². The van der Waals surface area contributed by atoms with E-state index in [0.717, 1.165) is 18.5 Å². The summed E-state index contributed by atoms with van der Waals surface area (Å²) in [5, 5.41) is 8.39. The Morgan fingerprint density at radius 2 is 1.72 bits per heavy atom. The number of hydrogen-bond acceptors (Lipinski definition) is 4. The van der Waals surface area contributed by atoms with Crippen LogP contribution in [0.2, 0.25) is 0 Å². The van der Waals surface area contributed by atoms with Gasteiger partial charge in [0.15, 0.2) is 0 Å². The standard InChI is InChI=1S/C12H19N3O2S/c13-11-3-1-2-4-12(11)15-9-5-7-10(8-6-9)18(14,16)17/h5-8,11-12,15H,1-4,13H2,(H2,14,16,17)/t11-,12-/m1/s1. The lowest BCUT2D eigenvalue weighted by Gasteiger charge is -2.30. The maximum absolute atomic E-state index is 11.1. The largest absolute Gasteiger partial charge is 0.381 e. The van der Waals surface area contributed by atoms with Gasteiger partial charge in [-0.1, -0.05) is 12.8 Å². The van der Waals surface area contributed by atoms with Gasteiger partial charge in [-0.3, -0.25) is 0 Å². The van der Waals surface area contributed by atoms with Crippen molar-refractivity contribution in [1.29, 1.82) is 0 Å². The van der Waals surface area contributed by atoms with Gasteiger partial charge in [0.25, 0.3) is 0 Å². The van der Waals surface area contributed by atoms with Gasteiger partial charge < -0.3 is 11.1 Å². The number of sulfonamides is 1. The van der Waals surface area contributed by atoms with E-state index in [-0.39, 0.29) is 17.0 Å². The van der Waals surface area contributed by atoms with Crippen LogP contribution in [0, 0.1) is 0 Å². The smallest absolute Gasteiger partial charge is 0.238 e. The first-order valence-corrected chi connectivity index (χ1v) is 7.66. The zero-order chi connectivity index (χ0) is 13.2. The average molecular weight is 269 g/mol. The number of benzene rings is 1. The molecule has 1 fully saturated rings. The van der Waals surface area contributed by atoms with Gasteiger partial charge in [0, 0.05) is 17.8 Å². The van der Waals surface area contributed by atoms with E-state index in [4.69, 9.17) is 10.9 Å². The minimum Gasteiger partial charge on any atom is -0.381 e. The Balaban J connectivity index is 2.06. The molecular weight excluding hydrogens is 250 g/mol. The fourth-order valence-corrected chi connectivity index (χ4v) is 2.81. The summed E-state index contributed by atoms with van der Waals surface area (Å²) in [7, 11) is -3.62. The van der Waals surface area contributed by atoms with Crippen molar-refractivity contribution in [2.45, 2.75) is 42.7 Å². The average Bonchev–Trinajstić information content (AvgIpc) is 2.32. The molecule has 0 saturated heterocycles. The van der Waals surface area contributed by atoms with Crippen LogP contribution >= 0.6 is 0 Å². The van der Waals surface area contributed by atoms with E-state index in [9.17, 15) is 8.42 Å². The fourth-order valence-electron chi connectivity index (χ4n) is 2.29. The summed E-state index contributed by atoms with van der Waals surface area (Å²) in [6.07, 6.45) is 4.45. The highest BCUT2D eigenvalue weighted by molar-refractivity contribution is 7.89. The molecule has 1 aromatic carbocycles. The van der Waals surface area contributed by atoms with E-state index in [1.54, 1.807) is 12.1 Å². The second-order valence-electron chi connectivity index (χ2n) is 4.77. The lowest BCUT2D eigenvalue weighted by atomic mass is 9.91. The van der Waals surface area contributed by atoms with Crippen LogP contribution in [0.15, 0.2) is 29.2 Å². The molecule has 1 saturated carbocycles. The third-order valence-corrected chi connectivity index (χ3v) is 4.28. The first kappa shape index (κ1) is 13.3. The van der Waals surface area contributed by atoms with Crippen molar-refractivity contribution in [3.63, 3.8) is 0 Å². The van der Waals surface area contributed by atoms with Crippen LogP contribution in [-0.2, 0) is 10.0 Å². The number of rotatable bonds is 3. The fraction of sp³-hybridized carbons (Fsp3) is 0.500. The van der Waals surface area contributed by atoms with Crippen LogP contribution in [0.3, 0.4) is 0 Å². The van der Waals surface area contributed by atoms with E-state index in [0.29, 0.717) is 0 Å². The van der Waals surface area contributed by atoms with E-state index in [2.05, 4.69) is 5.32 Å². The van der Waals surface area contributed by atoms with Gasteiger partial charge in [-0.05, 0) is 37.1 Å². The molecule has 0 spiro atoms. The first-order valence-electron chi connectivity index (χ1n) is 6.12. The summed E-state index contributed by atoms with van der Waals surface area (Å²) in [4.78, 5) is 0.126. The second kappa shape index (κ2) is 5.26. The summed E-state index contributed by atoms with van der Waals surface area (Å²) >= 11 is 0. The summed E-state index contributed by atoms with van der Waals surface area (Å²) in [5.74, 6) is 0. The molecule has 0 amide bonds. The Bertz CT molecular complexity index is 499. The minimum absolute atomic E-state index is 0.126. The summed E-state index contributed by atoms with van der Waals surface area (Å²) in [6, 6.07) is 6.89. The monoisotopic (exact) mass is 269 g/mol. The molecule has 5 N–H and O–H groups in total. The van der Waals surface area contributed by atoms with Crippen LogP contribution in [0.25, 0.3) is 0 Å². The summed E-state index contributed by atoms with van der Waals surface area (Å²) in [6.45, 7) is 0. The molecule has 2 atom stereocenters. The minimum atomic E-state index is -3.62. The highest BCUT2D eigenvalue weighted by atomic mass is 32.2. The molecule has 2 rings (SSSR count). The van der Waals surface area contributed by atoms with Gasteiger partial charge >= 0.3 is 0 Å². The predicted octanol–water partition coefficient (Wildman–Crippen LogP) is 1.02. The topological polar surface area (TPSA) is 98.2 Å². The van der Waals surface area contributed by atoms with E-state index >= 15 is 0 Å². The Labute approximate surface area is 108 Å². The van der Waals surface area contributed by atoms with Crippen molar-refractivity contribution in [2.24, 2.45) is 10.9 Å². The highest BCUT2D eigenvalue weighted by Gasteiger charge is 2.21. The van der Waals surface area contributed by atoms with Crippen LogP contribution in [0.5, 0.6) is 0 Å². The van der Waals surface area contributed by atoms with Gasteiger partial charge in [0.05, 0.1) is 4.90 Å². The van der Waals surface area contributed by atoms with E-state index in [1.165, 1.54) is 25.0 Å². The SMILES string of the molecule is N[C@@H]1CCCC[C@H]1Nc1ccc(S(N)(=O)=O)cc1. The van der Waals surface area contributed by atoms with Gasteiger partial charge in [-0.25, -0.2) is 13.6 Å². The predicted molar refractivity (Wildman–Crippen MR) is 71.7 cm³/mol. The van der Waals surface area contributed by atoms with Crippen molar-refractivity contribution in [2.75, 3.05) is 5.32 Å². The summed E-state index contributed by atoms with van der Waals surface area (Å²) in [5.41, 5.74) is 6.93. The van der Waals surface area contributed by atoms with Gasteiger partial charge in [-0.15, -0.1) is 0 Å². The maximum atomic E-state index is 11.1. The summed E-state index contributed by atoms with van der Waals surface area (Å²) < 4.78 is 22.2. The van der Waals surface area contributed by atoms with Crippen LogP contribution < -0.4 is 16.2 Å². The molecule has 0 bridgehead atoms. The molecule has 0 aromatic heterocycles. The number of primary sulfonamides is 1. The number of hydrogen-bond donors (Lipinski definition) is 3. The third-order valence-electron chi connectivity index (χ3n) is 3.35. The van der Waals surface area contributed by atoms with Crippen LogP contribution in [-0.4, -0.2) is 20.5 Å². The molecule has 1 aliphatic rings. The molecule has 18 heavy (non-hydrogen) atoms. The Kier molecular flexibility index (Phi) is 3.89. The van der Waals surface area contributed by atoms with Crippen molar-refractivity contribution in [3.05, 3.63) is 24.3 Å². The van der Waals surface area contributed by atoms with Crippen molar-refractivity contribution >= 4 is 15.7 Å².